The summed E-state index contributed by atoms with van der Waals surface area (Å²) >= 11 is 0. The highest BCUT2D eigenvalue weighted by Crippen LogP contribution is 2.44. The van der Waals surface area contributed by atoms with Gasteiger partial charge in [-0.2, -0.15) is 13.2 Å². The summed E-state index contributed by atoms with van der Waals surface area (Å²) in [6.07, 6.45) is 9.92. The van der Waals surface area contributed by atoms with E-state index in [1.807, 2.05) is 0 Å². The predicted octanol–water partition coefficient (Wildman–Crippen LogP) is 9.48. The summed E-state index contributed by atoms with van der Waals surface area (Å²) < 4.78 is 50.5. The molecule has 3 aliphatic rings. The fraction of sp³-hybridized carbons (Fsp3) is 0.714. The second-order valence-corrected chi connectivity index (χ2v) is 10.9. The largest absolute Gasteiger partial charge is 0.442 e. The van der Waals surface area contributed by atoms with Gasteiger partial charge in [-0.1, -0.05) is 44.0 Å². The smallest absolute Gasteiger partial charge is 0.202 e. The molecule has 0 atom stereocenters. The molecule has 0 aliphatic heterocycles. The van der Waals surface area contributed by atoms with Crippen LogP contribution >= 0.6 is 0 Å². The molecule has 0 saturated heterocycles. The lowest BCUT2D eigenvalue weighted by Crippen LogP contribution is -2.24. The molecule has 3 fully saturated rings. The van der Waals surface area contributed by atoms with Gasteiger partial charge in [-0.15, -0.1) is 0 Å². The first-order chi connectivity index (χ1) is 15.3. The molecule has 4 heteroatoms. The van der Waals surface area contributed by atoms with Crippen molar-refractivity contribution in [3.8, 4) is 0 Å². The molecule has 0 N–H and O–H groups in total. The molecule has 32 heavy (non-hydrogen) atoms. The molecular weight excluding hydrogens is 412 g/mol. The molecular formula is C28H38F4. The molecule has 0 radical (unpaired) electrons. The van der Waals surface area contributed by atoms with E-state index < -0.39 is 12.0 Å². The Hall–Kier alpha value is -1.32. The lowest BCUT2D eigenvalue weighted by molar-refractivity contribution is -0.109. The van der Waals surface area contributed by atoms with Crippen molar-refractivity contribution in [1.82, 2.24) is 0 Å². The Bertz CT molecular complexity index is 739. The molecule has 0 bridgehead atoms. The van der Waals surface area contributed by atoms with Gasteiger partial charge in [0, 0.05) is 0 Å². The molecule has 178 valence electrons. The first kappa shape index (κ1) is 23.8. The van der Waals surface area contributed by atoms with Crippen LogP contribution in [0.3, 0.4) is 0 Å². The molecule has 0 aromatic heterocycles. The van der Waals surface area contributed by atoms with Crippen molar-refractivity contribution >= 4 is 0 Å². The first-order valence-corrected chi connectivity index (χ1v) is 12.8. The maximum absolute atomic E-state index is 13.2. The van der Waals surface area contributed by atoms with E-state index in [0.29, 0.717) is 24.7 Å². The lowest BCUT2D eigenvalue weighted by atomic mass is 9.68. The highest BCUT2D eigenvalue weighted by atomic mass is 19.4. The van der Waals surface area contributed by atoms with Crippen molar-refractivity contribution < 1.29 is 17.6 Å². The van der Waals surface area contributed by atoms with Crippen LogP contribution in [0.5, 0.6) is 0 Å². The second kappa shape index (κ2) is 10.3. The second-order valence-electron chi connectivity index (χ2n) is 10.9. The van der Waals surface area contributed by atoms with Crippen molar-refractivity contribution in [3.63, 3.8) is 0 Å². The zero-order valence-corrected chi connectivity index (χ0v) is 19.3. The molecule has 3 saturated carbocycles. The zero-order valence-electron chi connectivity index (χ0n) is 19.3. The van der Waals surface area contributed by atoms with Crippen LogP contribution in [0.25, 0.3) is 0 Å². The van der Waals surface area contributed by atoms with Crippen LogP contribution in [0.4, 0.5) is 17.6 Å². The van der Waals surface area contributed by atoms with E-state index in [2.05, 4.69) is 31.2 Å². The minimum Gasteiger partial charge on any atom is -0.202 e. The summed E-state index contributed by atoms with van der Waals surface area (Å²) in [4.78, 5) is 0. The van der Waals surface area contributed by atoms with Gasteiger partial charge in [-0.3, -0.25) is 0 Å². The van der Waals surface area contributed by atoms with E-state index in [0.717, 1.165) is 36.7 Å². The molecule has 0 spiro atoms. The Morgan fingerprint density at radius 3 is 1.53 bits per heavy atom. The first-order valence-electron chi connectivity index (χ1n) is 12.8. The third-order valence-corrected chi connectivity index (χ3v) is 8.80. The number of hydrogen-bond acceptors (Lipinski definition) is 0. The van der Waals surface area contributed by atoms with Gasteiger partial charge in [0.1, 0.15) is 0 Å². The molecule has 3 aliphatic carbocycles. The Labute approximate surface area is 190 Å². The molecule has 0 heterocycles. The SMILES string of the molecule is CC1CCC(C2CCC(c3ccc(C4CCC(C=C(F)C(F)(F)F)CC4)cc3)CC2)CC1. The monoisotopic (exact) mass is 450 g/mol. The van der Waals surface area contributed by atoms with Gasteiger partial charge in [0.25, 0.3) is 0 Å². The van der Waals surface area contributed by atoms with Crippen molar-refractivity contribution in [2.24, 2.45) is 23.7 Å². The third-order valence-electron chi connectivity index (χ3n) is 8.80. The molecule has 4 rings (SSSR count). The summed E-state index contributed by atoms with van der Waals surface area (Å²) in [5.74, 6) is 1.65. The van der Waals surface area contributed by atoms with Gasteiger partial charge in [0.2, 0.25) is 0 Å². The molecule has 0 unspecified atom stereocenters. The van der Waals surface area contributed by atoms with Gasteiger partial charge in [0.05, 0.1) is 0 Å². The Morgan fingerprint density at radius 1 is 0.688 bits per heavy atom. The number of hydrogen-bond donors (Lipinski definition) is 0. The minimum atomic E-state index is -4.85. The highest BCUT2D eigenvalue weighted by molar-refractivity contribution is 5.28. The standard InChI is InChI=1S/C28H38F4/c1-19-2-6-21(7-3-19)23-10-14-25(15-11-23)26-16-12-24(13-17-26)22-8-4-20(5-9-22)18-27(29)28(30,31)32/h12-13,16-23,25H,2-11,14-15H2,1H3. The summed E-state index contributed by atoms with van der Waals surface area (Å²) in [5, 5.41) is 0. The van der Waals surface area contributed by atoms with E-state index in [9.17, 15) is 17.6 Å². The van der Waals surface area contributed by atoms with Crippen LogP contribution in [0, 0.1) is 23.7 Å². The third kappa shape index (κ3) is 5.97. The summed E-state index contributed by atoms with van der Waals surface area (Å²) in [6.45, 7) is 2.40. The highest BCUT2D eigenvalue weighted by Gasteiger charge is 2.36. The molecule has 0 nitrogen and oxygen atoms in total. The van der Waals surface area contributed by atoms with E-state index in [4.69, 9.17) is 0 Å². The van der Waals surface area contributed by atoms with Crippen molar-refractivity contribution in [1.29, 1.82) is 0 Å². The fourth-order valence-corrected chi connectivity index (χ4v) is 6.64. The number of allylic oxidation sites excluding steroid dienone is 2. The number of alkyl halides is 3. The van der Waals surface area contributed by atoms with Crippen molar-refractivity contribution in [2.75, 3.05) is 0 Å². The summed E-state index contributed by atoms with van der Waals surface area (Å²) in [7, 11) is 0. The van der Waals surface area contributed by atoms with Gasteiger partial charge in [-0.05, 0) is 117 Å². The quantitative estimate of drug-likeness (QED) is 0.401. The van der Waals surface area contributed by atoms with Crippen LogP contribution in [0.1, 0.15) is 107 Å². The van der Waals surface area contributed by atoms with Crippen molar-refractivity contribution in [3.05, 3.63) is 47.3 Å². The van der Waals surface area contributed by atoms with Gasteiger partial charge < -0.3 is 0 Å². The molecule has 1 aromatic rings. The summed E-state index contributed by atoms with van der Waals surface area (Å²) in [5.41, 5.74) is 2.74. The number of benzene rings is 1. The zero-order chi connectivity index (χ0) is 22.7. The minimum absolute atomic E-state index is 0.297. The molecule has 1 aromatic carbocycles. The Kier molecular flexibility index (Phi) is 7.67. The van der Waals surface area contributed by atoms with E-state index in [1.165, 1.54) is 62.5 Å². The summed E-state index contributed by atoms with van der Waals surface area (Å²) in [6, 6.07) is 9.05. The number of rotatable bonds is 4. The normalized spacial score (nSPS) is 35.0. The Morgan fingerprint density at radius 2 is 1.09 bits per heavy atom. The van der Waals surface area contributed by atoms with Gasteiger partial charge in [0.15, 0.2) is 5.83 Å². The average molecular weight is 451 g/mol. The van der Waals surface area contributed by atoms with Gasteiger partial charge >= 0.3 is 6.18 Å². The maximum Gasteiger partial charge on any atom is 0.442 e. The van der Waals surface area contributed by atoms with Crippen LogP contribution in [0.2, 0.25) is 0 Å². The predicted molar refractivity (Wildman–Crippen MR) is 122 cm³/mol. The number of halogens is 4. The average Bonchev–Trinajstić information content (AvgIpc) is 2.80. The van der Waals surface area contributed by atoms with Gasteiger partial charge in [-0.25, -0.2) is 4.39 Å². The van der Waals surface area contributed by atoms with Crippen LogP contribution < -0.4 is 0 Å². The van der Waals surface area contributed by atoms with E-state index in [1.54, 1.807) is 0 Å². The van der Waals surface area contributed by atoms with Crippen molar-refractivity contribution in [2.45, 2.75) is 102 Å². The fourth-order valence-electron chi connectivity index (χ4n) is 6.64. The Balaban J connectivity index is 1.25. The lowest BCUT2D eigenvalue weighted by Gasteiger charge is -2.37. The van der Waals surface area contributed by atoms with Crippen LogP contribution in [-0.4, -0.2) is 6.18 Å². The maximum atomic E-state index is 13.2. The van der Waals surface area contributed by atoms with E-state index >= 15 is 0 Å². The van der Waals surface area contributed by atoms with Crippen LogP contribution in [0.15, 0.2) is 36.2 Å². The topological polar surface area (TPSA) is 0 Å². The molecule has 0 amide bonds. The van der Waals surface area contributed by atoms with Crippen LogP contribution in [-0.2, 0) is 0 Å². The van der Waals surface area contributed by atoms with E-state index in [-0.39, 0.29) is 5.92 Å².